The third-order valence-corrected chi connectivity index (χ3v) is 5.94. The quantitative estimate of drug-likeness (QED) is 0.698. The lowest BCUT2D eigenvalue weighted by Crippen LogP contribution is -2.18. The van der Waals surface area contributed by atoms with Crippen LogP contribution in [-0.2, 0) is 10.0 Å². The predicted octanol–water partition coefficient (Wildman–Crippen LogP) is 4.67. The van der Waals surface area contributed by atoms with Crippen molar-refractivity contribution in [2.45, 2.75) is 11.8 Å². The first-order chi connectivity index (χ1) is 11.8. The minimum Gasteiger partial charge on any atom is -0.314 e. The summed E-state index contributed by atoms with van der Waals surface area (Å²) in [6, 6.07) is 16.0. The predicted molar refractivity (Wildman–Crippen MR) is 102 cm³/mol. The molecule has 3 rings (SSSR count). The fourth-order valence-electron chi connectivity index (χ4n) is 2.68. The molecular weight excluding hydrogens is 379 g/mol. The van der Waals surface area contributed by atoms with Gasteiger partial charge in [-0.05, 0) is 68.6 Å². The average Bonchev–Trinajstić information content (AvgIpc) is 2.96. The molecule has 0 fully saturated rings. The van der Waals surface area contributed by atoms with Gasteiger partial charge in [-0.15, -0.1) is 0 Å². The van der Waals surface area contributed by atoms with Crippen LogP contribution in [0.1, 0.15) is 5.69 Å². The number of nitrogens with zero attached hydrogens (tertiary/aromatic N) is 1. The number of sulfonamides is 1. The van der Waals surface area contributed by atoms with Gasteiger partial charge in [0.1, 0.15) is 0 Å². The number of halogens is 2. The van der Waals surface area contributed by atoms with Gasteiger partial charge >= 0.3 is 0 Å². The van der Waals surface area contributed by atoms with Gasteiger partial charge in [-0.1, -0.05) is 23.2 Å². The van der Waals surface area contributed by atoms with Crippen molar-refractivity contribution >= 4 is 33.2 Å². The molecule has 0 atom stereocenters. The first-order valence-electron chi connectivity index (χ1n) is 7.51. The zero-order valence-electron chi connectivity index (χ0n) is 13.6. The topological polar surface area (TPSA) is 51.1 Å². The van der Waals surface area contributed by atoms with Gasteiger partial charge in [0.05, 0.1) is 15.6 Å². The van der Waals surface area contributed by atoms with Crippen LogP contribution in [0.5, 0.6) is 0 Å². The Morgan fingerprint density at radius 3 is 2.24 bits per heavy atom. The monoisotopic (exact) mass is 394 g/mol. The molecule has 0 aliphatic heterocycles. The van der Waals surface area contributed by atoms with E-state index in [-0.39, 0.29) is 4.90 Å². The molecule has 1 N–H and O–H groups in total. The van der Waals surface area contributed by atoms with Gasteiger partial charge in [0.2, 0.25) is 10.0 Å². The average molecular weight is 395 g/mol. The van der Waals surface area contributed by atoms with E-state index in [2.05, 4.69) is 4.72 Å². The van der Waals surface area contributed by atoms with Crippen LogP contribution in [0.25, 0.3) is 16.9 Å². The van der Waals surface area contributed by atoms with E-state index in [4.69, 9.17) is 23.2 Å². The van der Waals surface area contributed by atoms with Gasteiger partial charge in [0.15, 0.2) is 0 Å². The van der Waals surface area contributed by atoms with Crippen LogP contribution < -0.4 is 4.72 Å². The van der Waals surface area contributed by atoms with Crippen LogP contribution in [0, 0.1) is 6.92 Å². The molecule has 0 saturated carbocycles. The number of hydrogen-bond acceptors (Lipinski definition) is 2. The Balaban J connectivity index is 2.11. The minimum absolute atomic E-state index is 0.217. The fourth-order valence-corrected chi connectivity index (χ4v) is 3.92. The maximum absolute atomic E-state index is 11.9. The van der Waals surface area contributed by atoms with Gasteiger partial charge in [-0.2, -0.15) is 0 Å². The molecule has 0 amide bonds. The first kappa shape index (κ1) is 18.0. The summed E-state index contributed by atoms with van der Waals surface area (Å²) in [5, 5.41) is 1.13. The van der Waals surface area contributed by atoms with Crippen molar-refractivity contribution in [3.8, 4) is 16.9 Å². The molecule has 1 aromatic heterocycles. The third kappa shape index (κ3) is 3.46. The molecule has 0 saturated heterocycles. The lowest BCUT2D eigenvalue weighted by Gasteiger charge is -2.14. The van der Waals surface area contributed by atoms with Crippen molar-refractivity contribution in [3.05, 3.63) is 70.3 Å². The largest absolute Gasteiger partial charge is 0.314 e. The molecule has 0 aliphatic carbocycles. The van der Waals surface area contributed by atoms with E-state index in [9.17, 15) is 8.42 Å². The molecule has 25 heavy (non-hydrogen) atoms. The Morgan fingerprint density at radius 1 is 0.960 bits per heavy atom. The lowest BCUT2D eigenvalue weighted by molar-refractivity contribution is 0.588. The van der Waals surface area contributed by atoms with E-state index in [0.29, 0.717) is 10.0 Å². The van der Waals surface area contributed by atoms with Crippen LogP contribution in [-0.4, -0.2) is 20.0 Å². The Labute approximate surface area is 157 Å². The summed E-state index contributed by atoms with van der Waals surface area (Å²) in [5.74, 6) is 0. The first-order valence-corrected chi connectivity index (χ1v) is 9.75. The van der Waals surface area contributed by atoms with Gasteiger partial charge in [-0.25, -0.2) is 13.1 Å². The molecule has 7 heteroatoms. The molecule has 0 radical (unpaired) electrons. The summed E-state index contributed by atoms with van der Waals surface area (Å²) in [7, 11) is -2.07. The molecule has 4 nitrogen and oxygen atoms in total. The van der Waals surface area contributed by atoms with Crippen molar-refractivity contribution in [2.24, 2.45) is 0 Å². The summed E-state index contributed by atoms with van der Waals surface area (Å²) in [6.45, 7) is 1.98. The zero-order valence-corrected chi connectivity index (χ0v) is 16.0. The normalized spacial score (nSPS) is 11.7. The molecule has 130 valence electrons. The van der Waals surface area contributed by atoms with E-state index < -0.39 is 10.0 Å². The summed E-state index contributed by atoms with van der Waals surface area (Å²) in [6.07, 6.45) is 0. The highest BCUT2D eigenvalue weighted by Gasteiger charge is 2.15. The molecular formula is C18H16Cl2N2O2S. The van der Waals surface area contributed by atoms with Gasteiger partial charge in [0, 0.05) is 22.0 Å². The second-order valence-corrected chi connectivity index (χ2v) is 8.25. The fraction of sp³-hybridized carbons (Fsp3) is 0.111. The number of hydrogen-bond donors (Lipinski definition) is 1. The van der Waals surface area contributed by atoms with Crippen molar-refractivity contribution in [1.82, 2.24) is 9.29 Å². The summed E-state index contributed by atoms with van der Waals surface area (Å²) < 4.78 is 28.1. The number of aryl methyl sites for hydroxylation is 1. The second-order valence-electron chi connectivity index (χ2n) is 5.52. The van der Waals surface area contributed by atoms with Crippen LogP contribution in [0.3, 0.4) is 0 Å². The summed E-state index contributed by atoms with van der Waals surface area (Å²) in [4.78, 5) is 0.217. The third-order valence-electron chi connectivity index (χ3n) is 3.96. The molecule has 0 bridgehead atoms. The summed E-state index contributed by atoms with van der Waals surface area (Å²) >= 11 is 12.3. The SMILES string of the molecule is CNS(=O)(=O)c1ccc(-n2c(C)ccc2-c2ccc(Cl)cc2Cl)cc1. The smallest absolute Gasteiger partial charge is 0.240 e. The van der Waals surface area contributed by atoms with E-state index >= 15 is 0 Å². The second kappa shape index (κ2) is 6.84. The van der Waals surface area contributed by atoms with Crippen LogP contribution >= 0.6 is 23.2 Å². The van der Waals surface area contributed by atoms with Gasteiger partial charge in [-0.3, -0.25) is 0 Å². The van der Waals surface area contributed by atoms with E-state index in [0.717, 1.165) is 22.6 Å². The maximum atomic E-state index is 11.9. The molecule has 0 unspecified atom stereocenters. The van der Waals surface area contributed by atoms with Crippen molar-refractivity contribution in [3.63, 3.8) is 0 Å². The van der Waals surface area contributed by atoms with Gasteiger partial charge < -0.3 is 4.57 Å². The Bertz CT molecular complexity index is 1030. The maximum Gasteiger partial charge on any atom is 0.240 e. The Hall–Kier alpha value is -1.79. The molecule has 1 heterocycles. The summed E-state index contributed by atoms with van der Waals surface area (Å²) in [5.41, 5.74) is 3.61. The number of aromatic nitrogens is 1. The van der Waals surface area contributed by atoms with E-state index in [1.807, 2.05) is 29.7 Å². The standard InChI is InChI=1S/C18H16Cl2N2O2S/c1-12-3-10-18(16-9-4-13(19)11-17(16)20)22(12)14-5-7-15(8-6-14)25(23,24)21-2/h3-11,21H,1-2H3. The molecule has 0 aliphatic rings. The zero-order chi connectivity index (χ0) is 18.2. The highest BCUT2D eigenvalue weighted by Crippen LogP contribution is 2.33. The minimum atomic E-state index is -3.46. The Kier molecular flexibility index (Phi) is 4.93. The lowest BCUT2D eigenvalue weighted by atomic mass is 10.1. The Morgan fingerprint density at radius 2 is 1.64 bits per heavy atom. The van der Waals surface area contributed by atoms with E-state index in [1.54, 1.807) is 36.4 Å². The highest BCUT2D eigenvalue weighted by molar-refractivity contribution is 7.89. The van der Waals surface area contributed by atoms with Gasteiger partial charge in [0.25, 0.3) is 0 Å². The molecule has 3 aromatic rings. The van der Waals surface area contributed by atoms with Crippen LogP contribution in [0.4, 0.5) is 0 Å². The number of nitrogens with one attached hydrogen (secondary N) is 1. The van der Waals surface area contributed by atoms with Crippen LogP contribution in [0.15, 0.2) is 59.5 Å². The number of benzene rings is 2. The van der Waals surface area contributed by atoms with Crippen LogP contribution in [0.2, 0.25) is 10.0 Å². The number of rotatable bonds is 4. The molecule has 0 spiro atoms. The van der Waals surface area contributed by atoms with E-state index in [1.165, 1.54) is 7.05 Å². The van der Waals surface area contributed by atoms with Crippen molar-refractivity contribution < 1.29 is 8.42 Å². The highest BCUT2D eigenvalue weighted by atomic mass is 35.5. The van der Waals surface area contributed by atoms with Crippen molar-refractivity contribution in [2.75, 3.05) is 7.05 Å². The molecule has 2 aromatic carbocycles. The van der Waals surface area contributed by atoms with Crippen molar-refractivity contribution in [1.29, 1.82) is 0 Å².